The van der Waals surface area contributed by atoms with Crippen molar-refractivity contribution in [2.75, 3.05) is 24.1 Å². The van der Waals surface area contributed by atoms with Crippen LogP contribution in [0.15, 0.2) is 36.4 Å². The lowest BCUT2D eigenvalue weighted by atomic mass is 10.2. The molecule has 0 bridgehead atoms. The number of nitrogens with zero attached hydrogens (tertiary/aromatic N) is 1. The van der Waals surface area contributed by atoms with Crippen molar-refractivity contribution in [1.29, 1.82) is 0 Å². The Morgan fingerprint density at radius 2 is 1.59 bits per heavy atom. The average molecular weight is 389 g/mol. The highest BCUT2D eigenvalue weighted by atomic mass is 32.1. The Morgan fingerprint density at radius 3 is 2.19 bits per heavy atom. The third-order valence-electron chi connectivity index (χ3n) is 4.24. The number of thiophene rings is 1. The number of nitrogen functional groups attached to an aromatic ring is 1. The highest BCUT2D eigenvalue weighted by Crippen LogP contribution is 2.21. The Balaban J connectivity index is 1.91. The molecule has 1 heterocycles. The molecule has 7 heteroatoms. The number of carbonyl (C=O) groups excluding carboxylic acids is 2. The van der Waals surface area contributed by atoms with Crippen LogP contribution in [0.25, 0.3) is 0 Å². The summed E-state index contributed by atoms with van der Waals surface area (Å²) in [5.74, 6) is -0.437. The van der Waals surface area contributed by atoms with Gasteiger partial charge < -0.3 is 16.4 Å². The van der Waals surface area contributed by atoms with E-state index in [1.807, 2.05) is 0 Å². The van der Waals surface area contributed by atoms with Gasteiger partial charge in [0.1, 0.15) is 0 Å². The van der Waals surface area contributed by atoms with Gasteiger partial charge in [-0.25, -0.2) is 0 Å². The number of nitrogens with one attached hydrogen (secondary N) is 2. The van der Waals surface area contributed by atoms with Crippen molar-refractivity contribution < 1.29 is 9.59 Å². The third kappa shape index (κ3) is 5.80. The summed E-state index contributed by atoms with van der Waals surface area (Å²) in [6.07, 6.45) is 0. The van der Waals surface area contributed by atoms with E-state index in [4.69, 9.17) is 5.73 Å². The SMILES string of the molecule is CC(C)N(CCNC(=O)c1ccc(C(=O)Nc2ccccc2N)s1)C(C)C. The van der Waals surface area contributed by atoms with Crippen molar-refractivity contribution in [1.82, 2.24) is 10.2 Å². The van der Waals surface area contributed by atoms with Gasteiger partial charge in [-0.15, -0.1) is 11.3 Å². The molecule has 0 atom stereocenters. The summed E-state index contributed by atoms with van der Waals surface area (Å²) < 4.78 is 0. The lowest BCUT2D eigenvalue weighted by molar-refractivity contribution is 0.0943. The highest BCUT2D eigenvalue weighted by Gasteiger charge is 2.16. The smallest absolute Gasteiger partial charge is 0.265 e. The van der Waals surface area contributed by atoms with Crippen molar-refractivity contribution in [2.45, 2.75) is 39.8 Å². The van der Waals surface area contributed by atoms with Crippen LogP contribution in [0.4, 0.5) is 11.4 Å². The molecule has 0 saturated carbocycles. The number of carbonyl (C=O) groups is 2. The van der Waals surface area contributed by atoms with Crippen LogP contribution in [0.5, 0.6) is 0 Å². The van der Waals surface area contributed by atoms with Crippen LogP contribution in [0.2, 0.25) is 0 Å². The molecule has 0 saturated heterocycles. The monoisotopic (exact) mass is 388 g/mol. The predicted octanol–water partition coefficient (Wildman–Crippen LogP) is 3.43. The van der Waals surface area contributed by atoms with Gasteiger partial charge in [-0.05, 0) is 52.0 Å². The van der Waals surface area contributed by atoms with E-state index in [-0.39, 0.29) is 11.8 Å². The molecule has 1 aromatic heterocycles. The van der Waals surface area contributed by atoms with Gasteiger partial charge in [-0.2, -0.15) is 0 Å². The minimum atomic E-state index is -0.275. The van der Waals surface area contributed by atoms with E-state index in [0.29, 0.717) is 39.8 Å². The van der Waals surface area contributed by atoms with Crippen molar-refractivity contribution >= 4 is 34.5 Å². The van der Waals surface area contributed by atoms with Gasteiger partial charge in [0.05, 0.1) is 21.1 Å². The molecule has 0 unspecified atom stereocenters. The fourth-order valence-corrected chi connectivity index (χ4v) is 3.69. The molecule has 1 aromatic carbocycles. The van der Waals surface area contributed by atoms with E-state index in [1.54, 1.807) is 36.4 Å². The first-order valence-electron chi connectivity index (χ1n) is 9.09. The fourth-order valence-electron chi connectivity index (χ4n) is 2.88. The Kier molecular flexibility index (Phi) is 7.38. The Bertz CT molecular complexity index is 778. The third-order valence-corrected chi connectivity index (χ3v) is 5.33. The van der Waals surface area contributed by atoms with Crippen molar-refractivity contribution in [3.63, 3.8) is 0 Å². The van der Waals surface area contributed by atoms with Crippen LogP contribution in [0.3, 0.4) is 0 Å². The van der Waals surface area contributed by atoms with Crippen molar-refractivity contribution in [3.8, 4) is 0 Å². The molecule has 0 aliphatic heterocycles. The Morgan fingerprint density at radius 1 is 1.00 bits per heavy atom. The standard InChI is InChI=1S/C20H28N4O2S/c1-13(2)24(14(3)4)12-11-22-19(25)17-9-10-18(27-17)20(26)23-16-8-6-5-7-15(16)21/h5-10,13-14H,11-12,21H2,1-4H3,(H,22,25)(H,23,26). The zero-order valence-electron chi connectivity index (χ0n) is 16.3. The molecule has 4 N–H and O–H groups in total. The number of rotatable bonds is 8. The van der Waals surface area contributed by atoms with Gasteiger partial charge in [-0.3, -0.25) is 14.5 Å². The second-order valence-corrected chi connectivity index (χ2v) is 7.97. The summed E-state index contributed by atoms with van der Waals surface area (Å²) in [7, 11) is 0. The van der Waals surface area contributed by atoms with Crippen molar-refractivity contribution in [2.24, 2.45) is 0 Å². The first-order chi connectivity index (χ1) is 12.8. The van der Waals surface area contributed by atoms with Crippen LogP contribution in [-0.2, 0) is 0 Å². The maximum atomic E-state index is 12.4. The van der Waals surface area contributed by atoms with E-state index in [2.05, 4.69) is 43.2 Å². The number of para-hydroxylation sites is 2. The first-order valence-corrected chi connectivity index (χ1v) is 9.91. The molecule has 146 valence electrons. The number of benzene rings is 1. The van der Waals surface area contributed by atoms with Gasteiger partial charge in [-0.1, -0.05) is 12.1 Å². The number of hydrogen-bond acceptors (Lipinski definition) is 5. The van der Waals surface area contributed by atoms with Gasteiger partial charge >= 0.3 is 0 Å². The maximum Gasteiger partial charge on any atom is 0.265 e. The molecule has 2 aromatic rings. The minimum Gasteiger partial charge on any atom is -0.397 e. The lowest BCUT2D eigenvalue weighted by Crippen LogP contribution is -2.42. The summed E-state index contributed by atoms with van der Waals surface area (Å²) in [4.78, 5) is 28.0. The van der Waals surface area contributed by atoms with Gasteiger partial charge in [0, 0.05) is 25.2 Å². The molecule has 2 amide bonds. The molecule has 0 radical (unpaired) electrons. The van der Waals surface area contributed by atoms with Crippen LogP contribution in [0.1, 0.15) is 47.0 Å². The second-order valence-electron chi connectivity index (χ2n) is 6.89. The summed E-state index contributed by atoms with van der Waals surface area (Å²) in [5.41, 5.74) is 6.90. The molecule has 0 aliphatic rings. The molecule has 0 fully saturated rings. The second kappa shape index (κ2) is 9.53. The van der Waals surface area contributed by atoms with E-state index in [1.165, 1.54) is 11.3 Å². The largest absolute Gasteiger partial charge is 0.397 e. The molecule has 2 rings (SSSR count). The van der Waals surface area contributed by atoms with E-state index >= 15 is 0 Å². The Hall–Kier alpha value is -2.38. The van der Waals surface area contributed by atoms with Crippen molar-refractivity contribution in [3.05, 3.63) is 46.2 Å². The zero-order valence-corrected chi connectivity index (χ0v) is 17.1. The van der Waals surface area contributed by atoms with Gasteiger partial charge in [0.15, 0.2) is 0 Å². The first kappa shape index (κ1) is 20.9. The number of anilines is 2. The number of hydrogen-bond donors (Lipinski definition) is 3. The topological polar surface area (TPSA) is 87.5 Å². The van der Waals surface area contributed by atoms with Crippen LogP contribution < -0.4 is 16.4 Å². The minimum absolute atomic E-state index is 0.161. The number of nitrogens with two attached hydrogens (primary N) is 1. The highest BCUT2D eigenvalue weighted by molar-refractivity contribution is 7.16. The zero-order chi connectivity index (χ0) is 20.0. The average Bonchev–Trinajstić information content (AvgIpc) is 3.10. The number of amides is 2. The van der Waals surface area contributed by atoms with Gasteiger partial charge in [0.25, 0.3) is 11.8 Å². The summed E-state index contributed by atoms with van der Waals surface area (Å²) in [5, 5.41) is 5.70. The van der Waals surface area contributed by atoms with E-state index in [9.17, 15) is 9.59 Å². The Labute approximate surface area is 164 Å². The predicted molar refractivity (Wildman–Crippen MR) is 112 cm³/mol. The quantitative estimate of drug-likeness (QED) is 0.605. The molecule has 6 nitrogen and oxygen atoms in total. The maximum absolute atomic E-state index is 12.4. The lowest BCUT2D eigenvalue weighted by Gasteiger charge is -2.30. The molecule has 0 spiro atoms. The van der Waals surface area contributed by atoms with E-state index < -0.39 is 0 Å². The van der Waals surface area contributed by atoms with Crippen LogP contribution in [0, 0.1) is 0 Å². The fraction of sp³-hybridized carbons (Fsp3) is 0.400. The molecular formula is C20H28N4O2S. The van der Waals surface area contributed by atoms with Gasteiger partial charge in [0.2, 0.25) is 0 Å². The van der Waals surface area contributed by atoms with E-state index in [0.717, 1.165) is 6.54 Å². The normalized spacial score (nSPS) is 11.2. The summed E-state index contributed by atoms with van der Waals surface area (Å²) in [6.45, 7) is 9.93. The van der Waals surface area contributed by atoms with Crippen LogP contribution >= 0.6 is 11.3 Å². The summed E-state index contributed by atoms with van der Waals surface area (Å²) in [6, 6.07) is 11.2. The molecule has 27 heavy (non-hydrogen) atoms. The van der Waals surface area contributed by atoms with Crippen LogP contribution in [-0.4, -0.2) is 41.9 Å². The molecular weight excluding hydrogens is 360 g/mol. The molecule has 0 aliphatic carbocycles. The summed E-state index contributed by atoms with van der Waals surface area (Å²) >= 11 is 1.17.